The van der Waals surface area contributed by atoms with E-state index in [9.17, 15) is 4.79 Å². The summed E-state index contributed by atoms with van der Waals surface area (Å²) in [6.45, 7) is 0. The molecule has 1 amide bonds. The Morgan fingerprint density at radius 2 is 2.05 bits per heavy atom. The lowest BCUT2D eigenvalue weighted by atomic mass is 10.2. The van der Waals surface area contributed by atoms with Gasteiger partial charge in [-0.1, -0.05) is 0 Å². The lowest BCUT2D eigenvalue weighted by molar-refractivity contribution is 0.102. The largest absolute Gasteiger partial charge is 0.339 e. The van der Waals surface area contributed by atoms with Crippen molar-refractivity contribution in [2.24, 2.45) is 7.05 Å². The van der Waals surface area contributed by atoms with E-state index in [0.717, 1.165) is 10.2 Å². The van der Waals surface area contributed by atoms with Crippen LogP contribution in [-0.2, 0) is 7.05 Å². The maximum atomic E-state index is 12.3. The molecule has 20 heavy (non-hydrogen) atoms. The number of nitrogens with one attached hydrogen (secondary N) is 1. The number of fused-ring (bicyclic) bond motifs is 1. The highest BCUT2D eigenvalue weighted by Crippen LogP contribution is 2.24. The fourth-order valence-electron chi connectivity index (χ4n) is 2.09. The molecule has 2 aromatic heterocycles. The molecule has 0 aliphatic rings. The quantitative estimate of drug-likeness (QED) is 0.783. The van der Waals surface area contributed by atoms with E-state index in [0.29, 0.717) is 16.9 Å². The molecule has 0 bridgehead atoms. The van der Waals surface area contributed by atoms with Crippen LogP contribution in [-0.4, -0.2) is 10.5 Å². The third-order valence-corrected chi connectivity index (χ3v) is 4.02. The van der Waals surface area contributed by atoms with Crippen LogP contribution >= 0.6 is 11.3 Å². The first kappa shape index (κ1) is 12.5. The average molecular weight is 281 g/mol. The topological polar surface area (TPSA) is 57.8 Å². The highest BCUT2D eigenvalue weighted by atomic mass is 32.1. The summed E-state index contributed by atoms with van der Waals surface area (Å²) in [5.41, 5.74) is 2.93. The van der Waals surface area contributed by atoms with Crippen molar-refractivity contribution in [2.45, 2.75) is 0 Å². The molecule has 5 heteroatoms. The number of nitrogens with zero attached hydrogens (tertiary/aromatic N) is 2. The second kappa shape index (κ2) is 4.83. The number of aryl methyl sites for hydroxylation is 1. The first-order valence-electron chi connectivity index (χ1n) is 6.03. The fourth-order valence-corrected chi connectivity index (χ4v) is 2.94. The lowest BCUT2D eigenvalue weighted by Gasteiger charge is -2.06. The van der Waals surface area contributed by atoms with Crippen molar-refractivity contribution < 1.29 is 4.79 Å². The van der Waals surface area contributed by atoms with Gasteiger partial charge in [0.25, 0.3) is 5.91 Å². The van der Waals surface area contributed by atoms with Crippen LogP contribution in [0, 0.1) is 11.3 Å². The van der Waals surface area contributed by atoms with Crippen LogP contribution in [0.5, 0.6) is 0 Å². The van der Waals surface area contributed by atoms with Crippen molar-refractivity contribution in [3.8, 4) is 6.07 Å². The zero-order chi connectivity index (χ0) is 14.1. The third kappa shape index (κ3) is 2.06. The van der Waals surface area contributed by atoms with Gasteiger partial charge < -0.3 is 9.88 Å². The molecular formula is C15H11N3OS. The fraction of sp³-hybridized carbons (Fsp3) is 0.0667. The summed E-state index contributed by atoms with van der Waals surface area (Å²) >= 11 is 1.61. The van der Waals surface area contributed by atoms with Gasteiger partial charge in [0, 0.05) is 12.7 Å². The van der Waals surface area contributed by atoms with Crippen molar-refractivity contribution in [2.75, 3.05) is 5.32 Å². The highest BCUT2D eigenvalue weighted by molar-refractivity contribution is 7.17. The van der Waals surface area contributed by atoms with Crippen molar-refractivity contribution in [3.63, 3.8) is 0 Å². The number of hydrogen-bond donors (Lipinski definition) is 1. The summed E-state index contributed by atoms with van der Waals surface area (Å²) in [6.07, 6.45) is 0. The standard InChI is InChI=1S/C15H11N3OS/c1-18-12-6-7-20-14(12)8-13(18)15(19)17-11-4-2-10(9-16)3-5-11/h2-8H,1H3,(H,17,19). The van der Waals surface area contributed by atoms with Gasteiger partial charge >= 0.3 is 0 Å². The van der Waals surface area contributed by atoms with Crippen molar-refractivity contribution in [3.05, 3.63) is 53.0 Å². The normalized spacial score (nSPS) is 10.4. The highest BCUT2D eigenvalue weighted by Gasteiger charge is 2.14. The molecule has 0 spiro atoms. The summed E-state index contributed by atoms with van der Waals surface area (Å²) in [5.74, 6) is -0.152. The van der Waals surface area contributed by atoms with Crippen LogP contribution in [0.3, 0.4) is 0 Å². The molecule has 2 heterocycles. The van der Waals surface area contributed by atoms with Crippen LogP contribution < -0.4 is 5.32 Å². The van der Waals surface area contributed by atoms with E-state index in [1.54, 1.807) is 35.6 Å². The van der Waals surface area contributed by atoms with Crippen LogP contribution in [0.25, 0.3) is 10.2 Å². The zero-order valence-electron chi connectivity index (χ0n) is 10.8. The molecule has 3 rings (SSSR count). The Balaban J connectivity index is 1.86. The average Bonchev–Trinajstić information content (AvgIpc) is 3.03. The Labute approximate surface area is 119 Å². The molecule has 1 aromatic carbocycles. The van der Waals surface area contributed by atoms with Gasteiger partial charge in [-0.25, -0.2) is 0 Å². The van der Waals surface area contributed by atoms with E-state index in [1.807, 2.05) is 35.2 Å². The minimum Gasteiger partial charge on any atom is -0.339 e. The Morgan fingerprint density at radius 3 is 2.70 bits per heavy atom. The molecule has 0 saturated carbocycles. The Hall–Kier alpha value is -2.58. The predicted molar refractivity (Wildman–Crippen MR) is 79.9 cm³/mol. The maximum Gasteiger partial charge on any atom is 0.272 e. The number of benzene rings is 1. The molecule has 0 atom stereocenters. The summed E-state index contributed by atoms with van der Waals surface area (Å²) in [5, 5.41) is 13.6. The van der Waals surface area contributed by atoms with Gasteiger partial charge in [0.2, 0.25) is 0 Å². The molecule has 1 N–H and O–H groups in total. The lowest BCUT2D eigenvalue weighted by Crippen LogP contribution is -2.15. The zero-order valence-corrected chi connectivity index (χ0v) is 11.6. The number of carbonyl (C=O) groups excluding carboxylic acids is 1. The molecule has 98 valence electrons. The Bertz CT molecular complexity index is 821. The minimum absolute atomic E-state index is 0.152. The smallest absolute Gasteiger partial charge is 0.272 e. The molecule has 0 radical (unpaired) electrons. The molecule has 3 aromatic rings. The van der Waals surface area contributed by atoms with Gasteiger partial charge in [-0.15, -0.1) is 11.3 Å². The second-order valence-electron chi connectivity index (χ2n) is 4.40. The SMILES string of the molecule is Cn1c(C(=O)Nc2ccc(C#N)cc2)cc2sccc21. The number of carbonyl (C=O) groups is 1. The summed E-state index contributed by atoms with van der Waals surface area (Å²) in [4.78, 5) is 12.3. The van der Waals surface area contributed by atoms with E-state index in [2.05, 4.69) is 5.32 Å². The first-order valence-corrected chi connectivity index (χ1v) is 6.91. The molecule has 0 aliphatic heterocycles. The first-order chi connectivity index (χ1) is 9.69. The number of hydrogen-bond acceptors (Lipinski definition) is 3. The molecule has 0 saturated heterocycles. The van der Waals surface area contributed by atoms with E-state index < -0.39 is 0 Å². The van der Waals surface area contributed by atoms with Crippen LogP contribution in [0.4, 0.5) is 5.69 Å². The van der Waals surface area contributed by atoms with Gasteiger partial charge in [0.05, 0.1) is 21.8 Å². The van der Waals surface area contributed by atoms with Gasteiger partial charge in [-0.2, -0.15) is 5.26 Å². The number of nitriles is 1. The summed E-state index contributed by atoms with van der Waals surface area (Å²) in [7, 11) is 1.88. The van der Waals surface area contributed by atoms with E-state index in [1.165, 1.54) is 0 Å². The molecule has 0 unspecified atom stereocenters. The van der Waals surface area contributed by atoms with Crippen LogP contribution in [0.1, 0.15) is 16.1 Å². The number of thiophene rings is 1. The predicted octanol–water partition coefficient (Wildman–Crippen LogP) is 3.36. The Morgan fingerprint density at radius 1 is 1.30 bits per heavy atom. The number of aromatic nitrogens is 1. The van der Waals surface area contributed by atoms with Gasteiger partial charge in [0.15, 0.2) is 0 Å². The van der Waals surface area contributed by atoms with E-state index >= 15 is 0 Å². The molecule has 0 fully saturated rings. The maximum absolute atomic E-state index is 12.3. The van der Waals surface area contributed by atoms with Crippen LogP contribution in [0.15, 0.2) is 41.8 Å². The van der Waals surface area contributed by atoms with Gasteiger partial charge in [-0.05, 0) is 41.8 Å². The second-order valence-corrected chi connectivity index (χ2v) is 5.35. The van der Waals surface area contributed by atoms with Crippen LogP contribution in [0.2, 0.25) is 0 Å². The third-order valence-electron chi connectivity index (χ3n) is 3.17. The van der Waals surface area contributed by atoms with Gasteiger partial charge in [0.1, 0.15) is 5.69 Å². The van der Waals surface area contributed by atoms with E-state index in [-0.39, 0.29) is 5.91 Å². The number of anilines is 1. The van der Waals surface area contributed by atoms with Crippen molar-refractivity contribution in [1.29, 1.82) is 5.26 Å². The van der Waals surface area contributed by atoms with Gasteiger partial charge in [-0.3, -0.25) is 4.79 Å². The summed E-state index contributed by atoms with van der Waals surface area (Å²) in [6, 6.07) is 12.7. The Kier molecular flexibility index (Phi) is 3.01. The van der Waals surface area contributed by atoms with Crippen molar-refractivity contribution in [1.82, 2.24) is 4.57 Å². The monoisotopic (exact) mass is 281 g/mol. The molecule has 0 aliphatic carbocycles. The molecular weight excluding hydrogens is 270 g/mol. The number of amides is 1. The van der Waals surface area contributed by atoms with E-state index in [4.69, 9.17) is 5.26 Å². The summed E-state index contributed by atoms with van der Waals surface area (Å²) < 4.78 is 2.97. The number of rotatable bonds is 2. The van der Waals surface area contributed by atoms with Crippen molar-refractivity contribution >= 4 is 33.1 Å². The minimum atomic E-state index is -0.152. The molecule has 4 nitrogen and oxygen atoms in total.